The van der Waals surface area contributed by atoms with Crippen LogP contribution in [0.25, 0.3) is 0 Å². The summed E-state index contributed by atoms with van der Waals surface area (Å²) in [5, 5.41) is 5.68. The molecule has 0 spiro atoms. The summed E-state index contributed by atoms with van der Waals surface area (Å²) >= 11 is 0. The molecule has 0 unspecified atom stereocenters. The quantitative estimate of drug-likeness (QED) is 0.653. The highest BCUT2D eigenvalue weighted by molar-refractivity contribution is 5.86. The van der Waals surface area contributed by atoms with Crippen molar-refractivity contribution in [2.75, 3.05) is 11.9 Å². The second-order valence-electron chi connectivity index (χ2n) is 3.00. The van der Waals surface area contributed by atoms with Gasteiger partial charge in [0.2, 0.25) is 5.91 Å². The predicted octanol–water partition coefficient (Wildman–Crippen LogP) is 0.279. The molecule has 2 heterocycles. The first kappa shape index (κ1) is 8.25. The molecule has 1 aromatic heterocycles. The molecule has 5 heteroatoms. The molecule has 0 atom stereocenters. The van der Waals surface area contributed by atoms with Gasteiger partial charge in [-0.15, -0.1) is 0 Å². The van der Waals surface area contributed by atoms with Gasteiger partial charge in [0.1, 0.15) is 5.76 Å². The monoisotopic (exact) mass is 181 g/mol. The van der Waals surface area contributed by atoms with Gasteiger partial charge in [0.25, 0.3) is 0 Å². The van der Waals surface area contributed by atoms with Crippen molar-refractivity contribution in [1.29, 1.82) is 0 Å². The Morgan fingerprint density at radius 1 is 1.69 bits per heavy atom. The minimum absolute atomic E-state index is 0.161. The Morgan fingerprint density at radius 2 is 2.54 bits per heavy atom. The summed E-state index contributed by atoms with van der Waals surface area (Å²) in [6.45, 7) is 3.04. The number of carbonyl (C=O) groups is 1. The number of carbonyl (C=O) groups excluding carboxylic acids is 1. The topological polar surface area (TPSA) is 67.2 Å². The number of oxazole rings is 1. The molecule has 13 heavy (non-hydrogen) atoms. The number of fused-ring (bicyclic) bond motifs is 1. The summed E-state index contributed by atoms with van der Waals surface area (Å²) in [5.41, 5.74) is 0.947. The molecule has 1 aliphatic heterocycles. The lowest BCUT2D eigenvalue weighted by atomic mass is 10.2. The molecular formula is C8H11N3O2. The molecule has 0 aromatic carbocycles. The van der Waals surface area contributed by atoms with Crippen LogP contribution < -0.4 is 10.6 Å². The average Bonchev–Trinajstić information content (AvgIpc) is 2.44. The molecule has 1 aliphatic rings. The number of amides is 1. The Bertz CT molecular complexity index is 309. The van der Waals surface area contributed by atoms with Gasteiger partial charge >= 0.3 is 6.01 Å². The third-order valence-corrected chi connectivity index (χ3v) is 1.89. The van der Waals surface area contributed by atoms with Crippen LogP contribution in [0, 0.1) is 0 Å². The van der Waals surface area contributed by atoms with Crippen molar-refractivity contribution >= 4 is 11.9 Å². The first-order valence-electron chi connectivity index (χ1n) is 4.22. The highest BCUT2D eigenvalue weighted by Crippen LogP contribution is 2.17. The van der Waals surface area contributed by atoms with Crippen molar-refractivity contribution < 1.29 is 9.21 Å². The van der Waals surface area contributed by atoms with E-state index >= 15 is 0 Å². The summed E-state index contributed by atoms with van der Waals surface area (Å²) in [7, 11) is 0. The molecule has 1 amide bonds. The molecule has 0 saturated carbocycles. The fraction of sp³-hybridized carbons (Fsp3) is 0.500. The molecule has 0 bridgehead atoms. The zero-order chi connectivity index (χ0) is 9.26. The van der Waals surface area contributed by atoms with E-state index in [2.05, 4.69) is 15.6 Å². The summed E-state index contributed by atoms with van der Waals surface area (Å²) in [6, 6.07) is 0.307. The predicted molar refractivity (Wildman–Crippen MR) is 46.2 cm³/mol. The van der Waals surface area contributed by atoms with Crippen LogP contribution in [0.5, 0.6) is 0 Å². The molecule has 2 rings (SSSR count). The van der Waals surface area contributed by atoms with Crippen LogP contribution in [0.15, 0.2) is 4.42 Å². The van der Waals surface area contributed by atoms with E-state index in [9.17, 15) is 4.79 Å². The van der Waals surface area contributed by atoms with E-state index in [1.807, 2.05) is 0 Å². The lowest BCUT2D eigenvalue weighted by Gasteiger charge is -2.07. The van der Waals surface area contributed by atoms with E-state index in [0.29, 0.717) is 12.6 Å². The van der Waals surface area contributed by atoms with Crippen molar-refractivity contribution in [3.8, 4) is 0 Å². The SMILES string of the molecule is CC(=O)Nc1nc2c(o1)CNCC2. The van der Waals surface area contributed by atoms with Gasteiger partial charge in [0, 0.05) is 19.9 Å². The van der Waals surface area contributed by atoms with Crippen molar-refractivity contribution in [3.63, 3.8) is 0 Å². The Kier molecular flexibility index (Phi) is 2.02. The van der Waals surface area contributed by atoms with Crippen LogP contribution in [0.2, 0.25) is 0 Å². The van der Waals surface area contributed by atoms with Gasteiger partial charge < -0.3 is 9.73 Å². The average molecular weight is 181 g/mol. The fourth-order valence-corrected chi connectivity index (χ4v) is 1.33. The molecular weight excluding hydrogens is 170 g/mol. The first-order valence-corrected chi connectivity index (χ1v) is 4.22. The van der Waals surface area contributed by atoms with E-state index in [1.54, 1.807) is 0 Å². The molecule has 5 nitrogen and oxygen atoms in total. The number of anilines is 1. The number of hydrogen-bond donors (Lipinski definition) is 2. The first-order chi connectivity index (χ1) is 6.25. The maximum absolute atomic E-state index is 10.7. The standard InChI is InChI=1S/C8H11N3O2/c1-5(12)10-8-11-6-2-3-9-4-7(6)13-8/h9H,2-4H2,1H3,(H,10,11,12). The number of aromatic nitrogens is 1. The lowest BCUT2D eigenvalue weighted by molar-refractivity contribution is -0.114. The smallest absolute Gasteiger partial charge is 0.301 e. The normalized spacial score (nSPS) is 15.2. The van der Waals surface area contributed by atoms with Gasteiger partial charge in [0.15, 0.2) is 0 Å². The minimum Gasteiger partial charge on any atom is -0.427 e. The van der Waals surface area contributed by atoms with Gasteiger partial charge in [-0.1, -0.05) is 0 Å². The van der Waals surface area contributed by atoms with E-state index in [4.69, 9.17) is 4.42 Å². The van der Waals surface area contributed by atoms with E-state index in [1.165, 1.54) is 6.92 Å². The Morgan fingerprint density at radius 3 is 3.23 bits per heavy atom. The molecule has 0 radical (unpaired) electrons. The zero-order valence-corrected chi connectivity index (χ0v) is 7.39. The Balaban J connectivity index is 2.20. The van der Waals surface area contributed by atoms with Crippen LogP contribution in [0.4, 0.5) is 6.01 Å². The Labute approximate surface area is 75.5 Å². The maximum Gasteiger partial charge on any atom is 0.301 e. The Hall–Kier alpha value is -1.36. The van der Waals surface area contributed by atoms with Crippen LogP contribution in [-0.4, -0.2) is 17.4 Å². The number of rotatable bonds is 1. The third-order valence-electron chi connectivity index (χ3n) is 1.89. The number of nitrogens with one attached hydrogen (secondary N) is 2. The second kappa shape index (κ2) is 3.18. The number of nitrogens with zero attached hydrogens (tertiary/aromatic N) is 1. The van der Waals surface area contributed by atoms with Crippen LogP contribution in [0.3, 0.4) is 0 Å². The summed E-state index contributed by atoms with van der Waals surface area (Å²) in [4.78, 5) is 14.9. The van der Waals surface area contributed by atoms with Gasteiger partial charge in [0.05, 0.1) is 12.2 Å². The van der Waals surface area contributed by atoms with Crippen molar-refractivity contribution in [1.82, 2.24) is 10.3 Å². The van der Waals surface area contributed by atoms with E-state index in [-0.39, 0.29) is 5.91 Å². The van der Waals surface area contributed by atoms with Crippen LogP contribution in [-0.2, 0) is 17.8 Å². The van der Waals surface area contributed by atoms with Crippen LogP contribution >= 0.6 is 0 Å². The zero-order valence-electron chi connectivity index (χ0n) is 7.39. The van der Waals surface area contributed by atoms with Gasteiger partial charge in [-0.05, 0) is 0 Å². The molecule has 0 fully saturated rings. The highest BCUT2D eigenvalue weighted by atomic mass is 16.4. The molecule has 0 saturated heterocycles. The minimum atomic E-state index is -0.161. The lowest BCUT2D eigenvalue weighted by Crippen LogP contribution is -2.22. The van der Waals surface area contributed by atoms with Gasteiger partial charge in [-0.25, -0.2) is 0 Å². The fourth-order valence-electron chi connectivity index (χ4n) is 1.33. The van der Waals surface area contributed by atoms with Crippen molar-refractivity contribution in [3.05, 3.63) is 11.5 Å². The van der Waals surface area contributed by atoms with Gasteiger partial charge in [-0.3, -0.25) is 10.1 Å². The molecule has 0 aliphatic carbocycles. The summed E-state index contributed by atoms with van der Waals surface area (Å²) in [6.07, 6.45) is 0.860. The maximum atomic E-state index is 10.7. The van der Waals surface area contributed by atoms with E-state index < -0.39 is 0 Å². The largest absolute Gasteiger partial charge is 0.427 e. The van der Waals surface area contributed by atoms with Crippen molar-refractivity contribution in [2.45, 2.75) is 19.9 Å². The van der Waals surface area contributed by atoms with E-state index in [0.717, 1.165) is 24.4 Å². The molecule has 2 N–H and O–H groups in total. The summed E-state index contributed by atoms with van der Waals surface area (Å²) in [5.74, 6) is 0.668. The third kappa shape index (κ3) is 1.70. The highest BCUT2D eigenvalue weighted by Gasteiger charge is 2.16. The number of hydrogen-bond acceptors (Lipinski definition) is 4. The van der Waals surface area contributed by atoms with Crippen LogP contribution in [0.1, 0.15) is 18.4 Å². The van der Waals surface area contributed by atoms with Crippen molar-refractivity contribution in [2.24, 2.45) is 0 Å². The van der Waals surface area contributed by atoms with Gasteiger partial charge in [-0.2, -0.15) is 4.98 Å². The molecule has 70 valence electrons. The molecule has 1 aromatic rings. The second-order valence-corrected chi connectivity index (χ2v) is 3.00. The summed E-state index contributed by atoms with van der Waals surface area (Å²) < 4.78 is 5.31.